The predicted molar refractivity (Wildman–Crippen MR) is 90.8 cm³/mol. The van der Waals surface area contributed by atoms with E-state index < -0.39 is 0 Å². The number of carbonyl (C=O) groups is 1. The third-order valence-electron chi connectivity index (χ3n) is 4.96. The van der Waals surface area contributed by atoms with Crippen LogP contribution in [0.5, 0.6) is 0 Å². The SMILES string of the molecule is Cc1cnc([C@H]2CN(C(=O)Cc3ccc4c(c3)CCC4)CCO2)[nH]1. The maximum Gasteiger partial charge on any atom is 0.227 e. The van der Waals surface area contributed by atoms with E-state index in [1.54, 1.807) is 6.20 Å². The van der Waals surface area contributed by atoms with Gasteiger partial charge in [0.15, 0.2) is 0 Å². The second-order valence-corrected chi connectivity index (χ2v) is 6.78. The Morgan fingerprint density at radius 3 is 3.08 bits per heavy atom. The summed E-state index contributed by atoms with van der Waals surface area (Å²) < 4.78 is 5.78. The van der Waals surface area contributed by atoms with Crippen LogP contribution in [0.25, 0.3) is 0 Å². The minimum atomic E-state index is -0.156. The van der Waals surface area contributed by atoms with Crippen LogP contribution < -0.4 is 0 Å². The molecule has 0 unspecified atom stereocenters. The molecule has 1 aromatic heterocycles. The van der Waals surface area contributed by atoms with Crippen molar-refractivity contribution in [2.24, 2.45) is 0 Å². The minimum Gasteiger partial charge on any atom is -0.367 e. The number of ether oxygens (including phenoxy) is 1. The van der Waals surface area contributed by atoms with Gasteiger partial charge in [-0.05, 0) is 42.9 Å². The van der Waals surface area contributed by atoms with E-state index in [2.05, 4.69) is 28.2 Å². The fourth-order valence-corrected chi connectivity index (χ4v) is 3.66. The van der Waals surface area contributed by atoms with Gasteiger partial charge in [0.2, 0.25) is 5.91 Å². The summed E-state index contributed by atoms with van der Waals surface area (Å²) in [4.78, 5) is 22.1. The van der Waals surface area contributed by atoms with Gasteiger partial charge in [0.05, 0.1) is 19.6 Å². The van der Waals surface area contributed by atoms with Crippen molar-refractivity contribution in [2.45, 2.75) is 38.7 Å². The maximum atomic E-state index is 12.7. The van der Waals surface area contributed by atoms with Gasteiger partial charge in [0, 0.05) is 18.4 Å². The number of H-pyrrole nitrogens is 1. The number of nitrogens with zero attached hydrogens (tertiary/aromatic N) is 2. The second kappa shape index (κ2) is 6.40. The van der Waals surface area contributed by atoms with Gasteiger partial charge in [0.25, 0.3) is 0 Å². The largest absolute Gasteiger partial charge is 0.367 e. The molecule has 1 fully saturated rings. The summed E-state index contributed by atoms with van der Waals surface area (Å²) in [6, 6.07) is 6.52. The molecule has 1 aliphatic heterocycles. The van der Waals surface area contributed by atoms with Crippen molar-refractivity contribution in [3.8, 4) is 0 Å². The Hall–Kier alpha value is -2.14. The monoisotopic (exact) mass is 325 g/mol. The zero-order valence-corrected chi connectivity index (χ0v) is 14.0. The van der Waals surface area contributed by atoms with Gasteiger partial charge < -0.3 is 14.6 Å². The average molecular weight is 325 g/mol. The average Bonchev–Trinajstić information content (AvgIpc) is 3.23. The first-order valence-corrected chi connectivity index (χ1v) is 8.70. The van der Waals surface area contributed by atoms with E-state index in [1.165, 1.54) is 24.0 Å². The van der Waals surface area contributed by atoms with Gasteiger partial charge in [-0.3, -0.25) is 4.79 Å². The van der Waals surface area contributed by atoms with Crippen LogP contribution in [0.1, 0.15) is 40.7 Å². The van der Waals surface area contributed by atoms with E-state index in [9.17, 15) is 4.79 Å². The van der Waals surface area contributed by atoms with Crippen molar-refractivity contribution >= 4 is 5.91 Å². The first-order valence-electron chi connectivity index (χ1n) is 8.70. The van der Waals surface area contributed by atoms with Crippen molar-refractivity contribution in [1.82, 2.24) is 14.9 Å². The van der Waals surface area contributed by atoms with E-state index in [4.69, 9.17) is 4.74 Å². The van der Waals surface area contributed by atoms with Crippen LogP contribution in [0.2, 0.25) is 0 Å². The Balaban J connectivity index is 1.42. The topological polar surface area (TPSA) is 58.2 Å². The van der Waals surface area contributed by atoms with Crippen LogP contribution in [0, 0.1) is 6.92 Å². The summed E-state index contributed by atoms with van der Waals surface area (Å²) >= 11 is 0. The molecule has 4 rings (SSSR count). The van der Waals surface area contributed by atoms with Crippen LogP contribution in [0.4, 0.5) is 0 Å². The van der Waals surface area contributed by atoms with E-state index >= 15 is 0 Å². The third-order valence-corrected chi connectivity index (χ3v) is 4.96. The van der Waals surface area contributed by atoms with Crippen molar-refractivity contribution in [3.63, 3.8) is 0 Å². The molecule has 0 radical (unpaired) electrons. The molecule has 126 valence electrons. The zero-order chi connectivity index (χ0) is 16.5. The van der Waals surface area contributed by atoms with Crippen molar-refractivity contribution in [2.75, 3.05) is 19.7 Å². The smallest absolute Gasteiger partial charge is 0.227 e. The molecule has 5 nitrogen and oxygen atoms in total. The Kier molecular flexibility index (Phi) is 4.10. The Labute approximate surface area is 142 Å². The lowest BCUT2D eigenvalue weighted by molar-refractivity contribution is -0.138. The van der Waals surface area contributed by atoms with Gasteiger partial charge in [-0.15, -0.1) is 0 Å². The fourth-order valence-electron chi connectivity index (χ4n) is 3.66. The Bertz CT molecular complexity index is 753. The minimum absolute atomic E-state index is 0.156. The van der Waals surface area contributed by atoms with Crippen LogP contribution in [-0.4, -0.2) is 40.5 Å². The van der Waals surface area contributed by atoms with Crippen LogP contribution in [0.3, 0.4) is 0 Å². The number of fused-ring (bicyclic) bond motifs is 1. The molecule has 1 amide bonds. The molecular weight excluding hydrogens is 302 g/mol. The molecule has 24 heavy (non-hydrogen) atoms. The van der Waals surface area contributed by atoms with Gasteiger partial charge >= 0.3 is 0 Å². The van der Waals surface area contributed by atoms with Crippen LogP contribution in [0.15, 0.2) is 24.4 Å². The molecule has 0 bridgehead atoms. The van der Waals surface area contributed by atoms with Gasteiger partial charge in [-0.1, -0.05) is 18.2 Å². The number of aromatic nitrogens is 2. The highest BCUT2D eigenvalue weighted by Crippen LogP contribution is 2.24. The summed E-state index contributed by atoms with van der Waals surface area (Å²) in [7, 11) is 0. The summed E-state index contributed by atoms with van der Waals surface area (Å²) in [6.07, 6.45) is 5.67. The standard InChI is InChI=1S/C19H23N3O2/c1-13-11-20-19(21-13)17-12-22(7-8-24-17)18(23)10-14-5-6-15-3-2-4-16(15)9-14/h5-6,9,11,17H,2-4,7-8,10,12H2,1H3,(H,20,21)/t17-/m1/s1. The molecule has 2 aromatic rings. The number of rotatable bonds is 3. The molecule has 0 spiro atoms. The van der Waals surface area contributed by atoms with Gasteiger partial charge in [0.1, 0.15) is 11.9 Å². The Morgan fingerprint density at radius 1 is 1.38 bits per heavy atom. The lowest BCUT2D eigenvalue weighted by Gasteiger charge is -2.32. The summed E-state index contributed by atoms with van der Waals surface area (Å²) in [5.41, 5.74) is 5.00. The molecule has 1 aliphatic carbocycles. The third kappa shape index (κ3) is 3.08. The van der Waals surface area contributed by atoms with Crippen molar-refractivity contribution < 1.29 is 9.53 Å². The number of imidazole rings is 1. The molecule has 5 heteroatoms. The summed E-state index contributed by atoms with van der Waals surface area (Å²) in [5.74, 6) is 0.979. The summed E-state index contributed by atoms with van der Waals surface area (Å²) in [6.45, 7) is 3.74. The molecule has 1 atom stereocenters. The van der Waals surface area contributed by atoms with E-state index in [0.29, 0.717) is 26.1 Å². The van der Waals surface area contributed by atoms with Crippen molar-refractivity contribution in [1.29, 1.82) is 0 Å². The summed E-state index contributed by atoms with van der Waals surface area (Å²) in [5, 5.41) is 0. The fraction of sp³-hybridized carbons (Fsp3) is 0.474. The van der Waals surface area contributed by atoms with Crippen LogP contribution in [-0.2, 0) is 28.8 Å². The molecule has 1 aromatic carbocycles. The van der Waals surface area contributed by atoms with E-state index in [-0.39, 0.29) is 12.0 Å². The highest BCUT2D eigenvalue weighted by molar-refractivity contribution is 5.79. The number of aromatic amines is 1. The highest BCUT2D eigenvalue weighted by Gasteiger charge is 2.27. The van der Waals surface area contributed by atoms with E-state index in [0.717, 1.165) is 23.5 Å². The number of amides is 1. The Morgan fingerprint density at radius 2 is 2.25 bits per heavy atom. The number of carbonyl (C=O) groups excluding carboxylic acids is 1. The normalized spacial score (nSPS) is 20.2. The van der Waals surface area contributed by atoms with Crippen LogP contribution >= 0.6 is 0 Å². The lowest BCUT2D eigenvalue weighted by atomic mass is 10.0. The van der Waals surface area contributed by atoms with E-state index in [1.807, 2.05) is 11.8 Å². The first-order chi connectivity index (χ1) is 11.7. The lowest BCUT2D eigenvalue weighted by Crippen LogP contribution is -2.43. The quantitative estimate of drug-likeness (QED) is 0.942. The number of hydrogen-bond donors (Lipinski definition) is 1. The number of nitrogens with one attached hydrogen (secondary N) is 1. The zero-order valence-electron chi connectivity index (χ0n) is 14.0. The molecule has 0 saturated carbocycles. The number of benzene rings is 1. The molecular formula is C19H23N3O2. The van der Waals surface area contributed by atoms with Crippen molar-refractivity contribution in [3.05, 3.63) is 52.6 Å². The number of morpholine rings is 1. The number of hydrogen-bond acceptors (Lipinski definition) is 3. The first kappa shape index (κ1) is 15.4. The molecule has 1 saturated heterocycles. The second-order valence-electron chi connectivity index (χ2n) is 6.78. The predicted octanol–water partition coefficient (Wildman–Crippen LogP) is 2.35. The number of aryl methyl sites for hydroxylation is 3. The maximum absolute atomic E-state index is 12.7. The molecule has 1 N–H and O–H groups in total. The van der Waals surface area contributed by atoms with Gasteiger partial charge in [-0.25, -0.2) is 4.98 Å². The molecule has 2 heterocycles. The van der Waals surface area contributed by atoms with Gasteiger partial charge in [-0.2, -0.15) is 0 Å². The molecule has 2 aliphatic rings. The highest BCUT2D eigenvalue weighted by atomic mass is 16.5.